The molecule has 2 aromatic rings. The van der Waals surface area contributed by atoms with E-state index < -0.39 is 5.97 Å². The molecular weight excluding hydrogens is 332 g/mol. The molecule has 0 unspecified atom stereocenters. The van der Waals surface area contributed by atoms with Crippen molar-refractivity contribution >= 4 is 17.6 Å². The fourth-order valence-corrected chi connectivity index (χ4v) is 4.58. The van der Waals surface area contributed by atoms with Crippen LogP contribution in [0, 0.1) is 5.41 Å². The van der Waals surface area contributed by atoms with Gasteiger partial charge in [0.1, 0.15) is 0 Å². The van der Waals surface area contributed by atoms with Crippen LogP contribution in [0.15, 0.2) is 42.5 Å². The summed E-state index contributed by atoms with van der Waals surface area (Å²) in [5, 5.41) is 9.04. The van der Waals surface area contributed by atoms with Crippen molar-refractivity contribution in [3.05, 3.63) is 70.3 Å². The molecule has 0 atom stereocenters. The van der Waals surface area contributed by atoms with Gasteiger partial charge in [-0.15, -0.1) is 0 Å². The van der Waals surface area contributed by atoms with Crippen LogP contribution in [-0.2, 0) is 11.8 Å². The Morgan fingerprint density at radius 2 is 1.63 bits per heavy atom. The first kappa shape index (κ1) is 19.4. The topological polar surface area (TPSA) is 37.3 Å². The highest BCUT2D eigenvalue weighted by molar-refractivity contribution is 5.88. The van der Waals surface area contributed by atoms with E-state index >= 15 is 0 Å². The first-order valence-electron chi connectivity index (χ1n) is 9.73. The highest BCUT2D eigenvalue weighted by atomic mass is 16.4. The number of allylic oxidation sites excluding steroid dienone is 1. The fourth-order valence-electron chi connectivity index (χ4n) is 4.58. The zero-order chi connectivity index (χ0) is 19.8. The second-order valence-electron chi connectivity index (χ2n) is 9.35. The Labute approximate surface area is 162 Å². The van der Waals surface area contributed by atoms with Gasteiger partial charge in [-0.3, -0.25) is 0 Å². The van der Waals surface area contributed by atoms with Gasteiger partial charge in [0, 0.05) is 0 Å². The van der Waals surface area contributed by atoms with Gasteiger partial charge >= 0.3 is 5.97 Å². The molecule has 0 saturated carbocycles. The molecule has 0 spiro atoms. The van der Waals surface area contributed by atoms with Crippen LogP contribution in [-0.4, -0.2) is 11.1 Å². The van der Waals surface area contributed by atoms with Gasteiger partial charge in [0.15, 0.2) is 0 Å². The summed E-state index contributed by atoms with van der Waals surface area (Å²) in [5.74, 6) is -0.891. The minimum atomic E-state index is -0.891. The van der Waals surface area contributed by atoms with Crippen molar-refractivity contribution in [1.29, 1.82) is 0 Å². The van der Waals surface area contributed by atoms with Crippen molar-refractivity contribution in [3.63, 3.8) is 0 Å². The molecule has 0 aromatic heterocycles. The molecule has 2 aromatic carbocycles. The monoisotopic (exact) mass is 362 g/mol. The maximum atomic E-state index is 11.0. The maximum Gasteiger partial charge on any atom is 0.335 e. The minimum Gasteiger partial charge on any atom is -0.478 e. The molecule has 142 valence electrons. The number of aromatic carboxylic acids is 1. The number of carboxylic acids is 1. The van der Waals surface area contributed by atoms with Gasteiger partial charge in [0.25, 0.3) is 0 Å². The summed E-state index contributed by atoms with van der Waals surface area (Å²) in [6.07, 6.45) is 5.69. The molecule has 1 N–H and O–H groups in total. The number of rotatable bonds is 3. The van der Waals surface area contributed by atoms with Gasteiger partial charge in [-0.25, -0.2) is 4.79 Å². The van der Waals surface area contributed by atoms with Gasteiger partial charge in [-0.1, -0.05) is 64.1 Å². The Morgan fingerprint density at radius 1 is 1.00 bits per heavy atom. The van der Waals surface area contributed by atoms with E-state index in [1.807, 2.05) is 12.1 Å². The lowest BCUT2D eigenvalue weighted by Crippen LogP contribution is -2.25. The first-order chi connectivity index (χ1) is 12.6. The van der Waals surface area contributed by atoms with Crippen LogP contribution in [0.5, 0.6) is 0 Å². The summed E-state index contributed by atoms with van der Waals surface area (Å²) in [6.45, 7) is 11.6. The molecule has 1 aliphatic carbocycles. The zero-order valence-corrected chi connectivity index (χ0v) is 17.1. The average molecular weight is 363 g/mol. The van der Waals surface area contributed by atoms with Gasteiger partial charge in [-0.2, -0.15) is 0 Å². The zero-order valence-electron chi connectivity index (χ0n) is 17.1. The standard InChI is InChI=1S/C25H30O2/c1-17(14-18-6-8-20(9-7-18)23(26)27)21-11-10-19-12-13-24(2,3)16-25(4,5)22(19)15-21/h6-11,14-15H,12-13,16H2,1-5H3,(H,26,27). The van der Waals surface area contributed by atoms with Crippen molar-refractivity contribution in [2.75, 3.05) is 0 Å². The molecule has 0 aliphatic heterocycles. The smallest absolute Gasteiger partial charge is 0.335 e. The van der Waals surface area contributed by atoms with Crippen LogP contribution in [0.25, 0.3) is 11.6 Å². The third kappa shape index (κ3) is 4.32. The van der Waals surface area contributed by atoms with E-state index in [4.69, 9.17) is 5.11 Å². The molecule has 27 heavy (non-hydrogen) atoms. The Hall–Kier alpha value is -2.35. The van der Waals surface area contributed by atoms with E-state index in [-0.39, 0.29) is 5.41 Å². The molecule has 0 radical (unpaired) electrons. The van der Waals surface area contributed by atoms with Crippen LogP contribution >= 0.6 is 0 Å². The number of aryl methyl sites for hydroxylation is 1. The lowest BCUT2D eigenvalue weighted by atomic mass is 9.72. The Balaban J connectivity index is 1.94. The summed E-state index contributed by atoms with van der Waals surface area (Å²) >= 11 is 0. The van der Waals surface area contributed by atoms with E-state index in [2.05, 4.69) is 58.9 Å². The van der Waals surface area contributed by atoms with Gasteiger partial charge < -0.3 is 5.11 Å². The molecule has 0 saturated heterocycles. The number of carboxylic acid groups (broad SMARTS) is 1. The molecular formula is C25H30O2. The maximum absolute atomic E-state index is 11.0. The molecule has 2 nitrogen and oxygen atoms in total. The van der Waals surface area contributed by atoms with E-state index in [0.29, 0.717) is 11.0 Å². The van der Waals surface area contributed by atoms with E-state index in [1.54, 1.807) is 12.1 Å². The van der Waals surface area contributed by atoms with Crippen LogP contribution in [0.3, 0.4) is 0 Å². The Morgan fingerprint density at radius 3 is 2.26 bits per heavy atom. The summed E-state index contributed by atoms with van der Waals surface area (Å²) < 4.78 is 0. The van der Waals surface area contributed by atoms with Gasteiger partial charge in [0.05, 0.1) is 5.56 Å². The predicted molar refractivity (Wildman–Crippen MR) is 113 cm³/mol. The Kier molecular flexibility index (Phi) is 5.03. The minimum absolute atomic E-state index is 0.161. The van der Waals surface area contributed by atoms with Crippen LogP contribution in [0.2, 0.25) is 0 Å². The van der Waals surface area contributed by atoms with E-state index in [0.717, 1.165) is 12.0 Å². The van der Waals surface area contributed by atoms with Crippen LogP contribution in [0.4, 0.5) is 0 Å². The third-order valence-electron chi connectivity index (χ3n) is 5.83. The van der Waals surface area contributed by atoms with Gasteiger partial charge in [-0.05, 0) is 77.0 Å². The van der Waals surface area contributed by atoms with E-state index in [9.17, 15) is 4.79 Å². The van der Waals surface area contributed by atoms with Crippen molar-refractivity contribution < 1.29 is 9.90 Å². The summed E-state index contributed by atoms with van der Waals surface area (Å²) in [7, 11) is 0. The second kappa shape index (κ2) is 6.99. The third-order valence-corrected chi connectivity index (χ3v) is 5.83. The van der Waals surface area contributed by atoms with E-state index in [1.165, 1.54) is 35.1 Å². The van der Waals surface area contributed by atoms with Crippen molar-refractivity contribution in [2.24, 2.45) is 5.41 Å². The lowest BCUT2D eigenvalue weighted by Gasteiger charge is -2.33. The molecule has 0 amide bonds. The lowest BCUT2D eigenvalue weighted by molar-refractivity contribution is 0.0697. The molecule has 1 aliphatic rings. The number of carbonyl (C=O) groups is 1. The van der Waals surface area contributed by atoms with Crippen molar-refractivity contribution in [2.45, 2.75) is 59.3 Å². The first-order valence-corrected chi connectivity index (χ1v) is 9.73. The predicted octanol–water partition coefficient (Wildman–Crippen LogP) is 6.59. The Bertz CT molecular complexity index is 883. The summed E-state index contributed by atoms with van der Waals surface area (Å²) in [4.78, 5) is 11.0. The molecule has 0 bridgehead atoms. The SMILES string of the molecule is CC(=Cc1ccc(C(=O)O)cc1)c1ccc2c(c1)C(C)(C)CC(C)(C)CC2. The molecule has 3 rings (SSSR count). The quantitative estimate of drug-likeness (QED) is 0.494. The summed E-state index contributed by atoms with van der Waals surface area (Å²) in [5.41, 5.74) is 7.25. The largest absolute Gasteiger partial charge is 0.478 e. The van der Waals surface area contributed by atoms with Crippen LogP contribution in [0.1, 0.15) is 80.1 Å². The second-order valence-corrected chi connectivity index (χ2v) is 9.35. The highest BCUT2D eigenvalue weighted by Crippen LogP contribution is 2.44. The molecule has 0 fully saturated rings. The summed E-state index contributed by atoms with van der Waals surface area (Å²) in [6, 6.07) is 13.9. The number of hydrogen-bond acceptors (Lipinski definition) is 1. The number of fused-ring (bicyclic) bond motifs is 1. The van der Waals surface area contributed by atoms with Gasteiger partial charge in [0.2, 0.25) is 0 Å². The number of hydrogen-bond donors (Lipinski definition) is 1. The molecule has 2 heteroatoms. The normalized spacial score (nSPS) is 18.5. The number of benzene rings is 2. The fraction of sp³-hybridized carbons (Fsp3) is 0.400. The molecule has 0 heterocycles. The van der Waals surface area contributed by atoms with Crippen molar-refractivity contribution in [1.82, 2.24) is 0 Å². The average Bonchev–Trinajstić information content (AvgIpc) is 2.68. The van der Waals surface area contributed by atoms with Crippen molar-refractivity contribution in [3.8, 4) is 0 Å². The van der Waals surface area contributed by atoms with Crippen LogP contribution < -0.4 is 0 Å². The highest BCUT2D eigenvalue weighted by Gasteiger charge is 2.34.